The average molecular weight is 448 g/mol. The van der Waals surface area contributed by atoms with Crippen molar-refractivity contribution >= 4 is 45.6 Å². The van der Waals surface area contributed by atoms with Crippen LogP contribution in [0.2, 0.25) is 0 Å². The third kappa shape index (κ3) is 4.73. The Labute approximate surface area is 185 Å². The Morgan fingerprint density at radius 3 is 2.47 bits per heavy atom. The Balaban J connectivity index is 1.61. The highest BCUT2D eigenvalue weighted by molar-refractivity contribution is 7.99. The van der Waals surface area contributed by atoms with Crippen LogP contribution in [0.15, 0.2) is 83.1 Å². The van der Waals surface area contributed by atoms with Gasteiger partial charge in [-0.3, -0.25) is 25.7 Å². The first-order chi connectivity index (χ1) is 15.5. The number of hydrazone groups is 1. The molecule has 4 rings (SSSR count). The quantitative estimate of drug-likeness (QED) is 0.167. The van der Waals surface area contributed by atoms with Gasteiger partial charge in [0.2, 0.25) is 0 Å². The number of thioether (sulfide) groups is 1. The molecule has 0 radical (unpaired) electrons. The number of benzene rings is 3. The summed E-state index contributed by atoms with van der Waals surface area (Å²) in [7, 11) is 0. The SMILES string of the molecule is O=[N+]([O-])c1ccc(N/N=C(\CSc2nc3ccccc3[nH]2)c2ccccc2)c([N+](=O)[O-])c1. The summed E-state index contributed by atoms with van der Waals surface area (Å²) in [5.41, 5.74) is 5.20. The summed E-state index contributed by atoms with van der Waals surface area (Å²) in [5, 5.41) is 27.4. The minimum absolute atomic E-state index is 0.0581. The number of non-ortho nitro benzene ring substituents is 1. The van der Waals surface area contributed by atoms with E-state index in [1.807, 2.05) is 54.6 Å². The maximum atomic E-state index is 11.4. The van der Waals surface area contributed by atoms with Gasteiger partial charge in [-0.25, -0.2) is 4.98 Å². The van der Waals surface area contributed by atoms with E-state index in [0.717, 1.165) is 27.8 Å². The van der Waals surface area contributed by atoms with E-state index in [-0.39, 0.29) is 11.4 Å². The number of aromatic nitrogens is 2. The first-order valence-corrected chi connectivity index (χ1v) is 10.4. The molecule has 0 saturated carbocycles. The van der Waals surface area contributed by atoms with Crippen LogP contribution in [0.1, 0.15) is 5.56 Å². The Bertz CT molecular complexity index is 1290. The van der Waals surface area contributed by atoms with Crippen LogP contribution >= 0.6 is 11.8 Å². The molecule has 1 aromatic heterocycles. The van der Waals surface area contributed by atoms with Gasteiger partial charge in [-0.2, -0.15) is 5.10 Å². The van der Waals surface area contributed by atoms with Crippen molar-refractivity contribution in [3.8, 4) is 0 Å². The highest BCUT2D eigenvalue weighted by Crippen LogP contribution is 2.29. The number of H-pyrrole nitrogens is 1. The van der Waals surface area contributed by atoms with Gasteiger partial charge < -0.3 is 4.98 Å². The number of para-hydroxylation sites is 2. The van der Waals surface area contributed by atoms with Crippen LogP contribution in [-0.2, 0) is 0 Å². The molecule has 0 amide bonds. The molecule has 4 aromatic rings. The molecule has 160 valence electrons. The fourth-order valence-electron chi connectivity index (χ4n) is 2.95. The van der Waals surface area contributed by atoms with Crippen LogP contribution in [0.4, 0.5) is 17.1 Å². The Kier molecular flexibility index (Phi) is 6.08. The predicted molar refractivity (Wildman–Crippen MR) is 123 cm³/mol. The van der Waals surface area contributed by atoms with Gasteiger partial charge in [0.1, 0.15) is 5.69 Å². The summed E-state index contributed by atoms with van der Waals surface area (Å²) in [5.74, 6) is 0.428. The van der Waals surface area contributed by atoms with E-state index in [1.165, 1.54) is 23.9 Å². The summed E-state index contributed by atoms with van der Waals surface area (Å²) in [6.07, 6.45) is 0. The van der Waals surface area contributed by atoms with Gasteiger partial charge in [-0.15, -0.1) is 0 Å². The van der Waals surface area contributed by atoms with E-state index < -0.39 is 15.5 Å². The maximum Gasteiger partial charge on any atom is 0.301 e. The van der Waals surface area contributed by atoms with Gasteiger partial charge in [0.25, 0.3) is 5.69 Å². The summed E-state index contributed by atoms with van der Waals surface area (Å²) in [6.45, 7) is 0. The third-order valence-electron chi connectivity index (χ3n) is 4.52. The van der Waals surface area contributed by atoms with Crippen molar-refractivity contribution in [2.24, 2.45) is 5.10 Å². The van der Waals surface area contributed by atoms with Crippen molar-refractivity contribution in [1.29, 1.82) is 0 Å². The minimum atomic E-state index is -0.684. The number of fused-ring (bicyclic) bond motifs is 1. The molecular formula is C21H16N6O4S. The molecule has 32 heavy (non-hydrogen) atoms. The minimum Gasteiger partial charge on any atom is -0.333 e. The van der Waals surface area contributed by atoms with Gasteiger partial charge in [0.15, 0.2) is 5.16 Å². The zero-order valence-corrected chi connectivity index (χ0v) is 17.3. The third-order valence-corrected chi connectivity index (χ3v) is 5.40. The Morgan fingerprint density at radius 2 is 1.75 bits per heavy atom. The number of imidazole rings is 1. The second kappa shape index (κ2) is 9.27. The molecule has 0 spiro atoms. The molecule has 0 saturated heterocycles. The first-order valence-electron chi connectivity index (χ1n) is 9.39. The first kappa shape index (κ1) is 21.0. The molecule has 0 fully saturated rings. The van der Waals surface area contributed by atoms with E-state index in [2.05, 4.69) is 20.5 Å². The lowest BCUT2D eigenvalue weighted by Gasteiger charge is -2.08. The second-order valence-electron chi connectivity index (χ2n) is 6.60. The van der Waals surface area contributed by atoms with Crippen LogP contribution in [0.3, 0.4) is 0 Å². The van der Waals surface area contributed by atoms with Crippen molar-refractivity contribution in [1.82, 2.24) is 9.97 Å². The number of hydrogen-bond donors (Lipinski definition) is 2. The second-order valence-corrected chi connectivity index (χ2v) is 7.56. The van der Waals surface area contributed by atoms with E-state index >= 15 is 0 Å². The lowest BCUT2D eigenvalue weighted by molar-refractivity contribution is -0.393. The van der Waals surface area contributed by atoms with Crippen LogP contribution in [0.5, 0.6) is 0 Å². The molecule has 0 aliphatic rings. The molecule has 0 atom stereocenters. The highest BCUT2D eigenvalue weighted by Gasteiger charge is 2.19. The number of nitro benzene ring substituents is 2. The number of rotatable bonds is 8. The fourth-order valence-corrected chi connectivity index (χ4v) is 3.80. The van der Waals surface area contributed by atoms with Gasteiger partial charge in [0.05, 0.1) is 32.7 Å². The Morgan fingerprint density at radius 1 is 1.00 bits per heavy atom. The van der Waals surface area contributed by atoms with Crippen LogP contribution < -0.4 is 5.43 Å². The summed E-state index contributed by atoms with van der Waals surface area (Å²) >= 11 is 1.44. The molecule has 2 N–H and O–H groups in total. The number of hydrogen-bond acceptors (Lipinski definition) is 8. The largest absolute Gasteiger partial charge is 0.333 e. The standard InChI is InChI=1S/C21H16N6O4S/c28-26(29)15-10-11-18(20(12-15)27(30)31)24-25-19(14-6-2-1-3-7-14)13-32-21-22-16-8-4-5-9-17(16)23-21/h1-12,24H,13H2,(H,22,23)/b25-19+. The van der Waals surface area contributed by atoms with E-state index in [0.29, 0.717) is 11.5 Å². The van der Waals surface area contributed by atoms with Gasteiger partial charge in [-0.05, 0) is 23.8 Å². The molecule has 10 nitrogen and oxygen atoms in total. The zero-order chi connectivity index (χ0) is 22.5. The van der Waals surface area contributed by atoms with E-state index in [9.17, 15) is 20.2 Å². The number of anilines is 1. The van der Waals surface area contributed by atoms with Crippen molar-refractivity contribution in [3.63, 3.8) is 0 Å². The smallest absolute Gasteiger partial charge is 0.301 e. The van der Waals surface area contributed by atoms with Gasteiger partial charge in [0, 0.05) is 11.8 Å². The fraction of sp³-hybridized carbons (Fsp3) is 0.0476. The molecule has 1 heterocycles. The number of aromatic amines is 1. The maximum absolute atomic E-state index is 11.4. The van der Waals surface area contributed by atoms with Crippen molar-refractivity contribution < 1.29 is 9.85 Å². The number of nitrogens with one attached hydrogen (secondary N) is 2. The molecule has 0 unspecified atom stereocenters. The molecular weight excluding hydrogens is 432 g/mol. The average Bonchev–Trinajstić information content (AvgIpc) is 3.22. The summed E-state index contributed by atoms with van der Waals surface area (Å²) in [4.78, 5) is 28.7. The topological polar surface area (TPSA) is 139 Å². The monoisotopic (exact) mass is 448 g/mol. The van der Waals surface area contributed by atoms with Crippen LogP contribution in [0, 0.1) is 20.2 Å². The van der Waals surface area contributed by atoms with Crippen LogP contribution in [-0.4, -0.2) is 31.3 Å². The number of nitrogens with zero attached hydrogens (tertiary/aromatic N) is 4. The van der Waals surface area contributed by atoms with Crippen molar-refractivity contribution in [2.75, 3.05) is 11.2 Å². The zero-order valence-electron chi connectivity index (χ0n) is 16.5. The van der Waals surface area contributed by atoms with E-state index in [1.54, 1.807) is 0 Å². The lowest BCUT2D eigenvalue weighted by Crippen LogP contribution is -2.08. The highest BCUT2D eigenvalue weighted by atomic mass is 32.2. The Hall–Kier alpha value is -4.25. The molecule has 11 heteroatoms. The molecule has 0 aliphatic heterocycles. The van der Waals surface area contributed by atoms with Crippen molar-refractivity contribution in [2.45, 2.75) is 5.16 Å². The molecule has 3 aromatic carbocycles. The van der Waals surface area contributed by atoms with E-state index in [4.69, 9.17) is 0 Å². The molecule has 0 bridgehead atoms. The van der Waals surface area contributed by atoms with Crippen LogP contribution in [0.25, 0.3) is 11.0 Å². The normalized spacial score (nSPS) is 11.4. The van der Waals surface area contributed by atoms with Gasteiger partial charge >= 0.3 is 5.69 Å². The van der Waals surface area contributed by atoms with Gasteiger partial charge in [-0.1, -0.05) is 54.2 Å². The predicted octanol–water partition coefficient (Wildman–Crippen LogP) is 4.99. The summed E-state index contributed by atoms with van der Waals surface area (Å²) < 4.78 is 0. The lowest BCUT2D eigenvalue weighted by atomic mass is 10.1. The number of nitro groups is 2. The molecule has 0 aliphatic carbocycles. The van der Waals surface area contributed by atoms with Crippen molar-refractivity contribution in [3.05, 3.63) is 98.6 Å². The summed E-state index contributed by atoms with van der Waals surface area (Å²) in [6, 6.07) is 20.4.